The van der Waals surface area contributed by atoms with E-state index in [1.54, 1.807) is 11.1 Å². The molecule has 0 saturated heterocycles. The van der Waals surface area contributed by atoms with E-state index in [-0.39, 0.29) is 5.41 Å². The molecule has 0 aromatic heterocycles. The van der Waals surface area contributed by atoms with Gasteiger partial charge in [-0.15, -0.1) is 6.42 Å². The van der Waals surface area contributed by atoms with E-state index in [2.05, 4.69) is 123 Å². The van der Waals surface area contributed by atoms with Gasteiger partial charge >= 0.3 is 0 Å². The van der Waals surface area contributed by atoms with Gasteiger partial charge in [0.2, 0.25) is 0 Å². The molecule has 230 valence electrons. The molecule has 2 aliphatic rings. The second-order valence-corrected chi connectivity index (χ2v) is 13.8. The highest BCUT2D eigenvalue weighted by atomic mass is 14.4. The summed E-state index contributed by atoms with van der Waals surface area (Å²) in [5.74, 6) is 4.69. The molecule has 0 aliphatic heterocycles. The molecule has 0 nitrogen and oxygen atoms in total. The highest BCUT2D eigenvalue weighted by Crippen LogP contribution is 2.47. The molecule has 0 amide bonds. The minimum absolute atomic E-state index is 0.184. The third-order valence-corrected chi connectivity index (χ3v) is 10.2. The van der Waals surface area contributed by atoms with Crippen molar-refractivity contribution in [2.24, 2.45) is 17.3 Å². The highest BCUT2D eigenvalue weighted by Gasteiger charge is 2.32. The van der Waals surface area contributed by atoms with Crippen LogP contribution >= 0.6 is 0 Å². The molecule has 0 radical (unpaired) electrons. The number of hydrogen-bond donors (Lipinski definition) is 0. The molecule has 1 aromatic rings. The Morgan fingerprint density at radius 3 is 2.40 bits per heavy atom. The topological polar surface area (TPSA) is 0 Å². The zero-order valence-corrected chi connectivity index (χ0v) is 28.7. The SMILES string of the molecule is C#C/C(=C/C(=C\C)c1ccc([C@@H](CCC)C(C)CC(=C)/C(C)=C/C2=CC3=C(CC[C@H](CC)C3)CC2(C)C)cc1)C(=C)CC. The van der Waals surface area contributed by atoms with Crippen molar-refractivity contribution in [3.05, 3.63) is 112 Å². The first-order valence-electron chi connectivity index (χ1n) is 16.9. The van der Waals surface area contributed by atoms with Crippen LogP contribution in [0.1, 0.15) is 130 Å². The predicted molar refractivity (Wildman–Crippen MR) is 192 cm³/mol. The lowest BCUT2D eigenvalue weighted by molar-refractivity contribution is 0.386. The maximum Gasteiger partial charge on any atom is 0.0274 e. The number of hydrogen-bond acceptors (Lipinski definition) is 0. The van der Waals surface area contributed by atoms with Gasteiger partial charge in [-0.05, 0) is 127 Å². The smallest absolute Gasteiger partial charge is 0.0274 e. The minimum Gasteiger partial charge on any atom is -0.115 e. The van der Waals surface area contributed by atoms with Crippen LogP contribution in [0.3, 0.4) is 0 Å². The van der Waals surface area contributed by atoms with Crippen LogP contribution in [-0.2, 0) is 0 Å². The van der Waals surface area contributed by atoms with E-state index in [1.807, 2.05) is 0 Å². The average molecular weight is 575 g/mol. The van der Waals surface area contributed by atoms with Crippen LogP contribution in [0.5, 0.6) is 0 Å². The summed E-state index contributed by atoms with van der Waals surface area (Å²) in [6, 6.07) is 9.17. The molecule has 0 saturated carbocycles. The summed E-state index contributed by atoms with van der Waals surface area (Å²) in [7, 11) is 0. The quantitative estimate of drug-likeness (QED) is 0.162. The first-order chi connectivity index (χ1) is 20.5. The molecule has 0 fully saturated rings. The van der Waals surface area contributed by atoms with Crippen LogP contribution in [0.2, 0.25) is 0 Å². The Bertz CT molecular complexity index is 1350. The molecule has 0 bridgehead atoms. The van der Waals surface area contributed by atoms with Crippen molar-refractivity contribution in [1.82, 2.24) is 0 Å². The summed E-state index contributed by atoms with van der Waals surface area (Å²) in [6.45, 7) is 27.1. The zero-order chi connectivity index (χ0) is 31.7. The first-order valence-corrected chi connectivity index (χ1v) is 16.9. The van der Waals surface area contributed by atoms with E-state index >= 15 is 0 Å². The van der Waals surface area contributed by atoms with Crippen LogP contribution in [-0.4, -0.2) is 0 Å². The van der Waals surface area contributed by atoms with E-state index in [0.29, 0.717) is 11.8 Å². The number of allylic oxidation sites excluding steroid dienone is 12. The standard InChI is InChI=1S/C43H58/c1-12-17-42(38-22-20-37(21-23-38)36(16-5)27-35(15-4)30(6)13-2)33(9)24-31(7)32(8)25-41-28-40-26-34(14-3)18-19-39(40)29-43(41,10)11/h4,16,20-23,25,27-28,33-34,42H,6-7,12-14,17-19,24,26,29H2,1-3,5,8-11H3/b32-25+,35-27-,36-16+/t33?,34-,42-/m0/s1. The third kappa shape index (κ3) is 8.76. The van der Waals surface area contributed by atoms with E-state index < -0.39 is 0 Å². The van der Waals surface area contributed by atoms with Crippen LogP contribution in [0.15, 0.2) is 101 Å². The van der Waals surface area contributed by atoms with Gasteiger partial charge in [0.05, 0.1) is 0 Å². The van der Waals surface area contributed by atoms with Crippen LogP contribution < -0.4 is 0 Å². The first kappa shape index (κ1) is 34.5. The Morgan fingerprint density at radius 1 is 1.12 bits per heavy atom. The molecule has 0 heteroatoms. The lowest BCUT2D eigenvalue weighted by atomic mass is 9.68. The summed E-state index contributed by atoms with van der Waals surface area (Å²) >= 11 is 0. The number of rotatable bonds is 13. The molecule has 3 rings (SSSR count). The Morgan fingerprint density at radius 2 is 1.81 bits per heavy atom. The molecular formula is C43H58. The number of benzene rings is 1. The predicted octanol–water partition coefficient (Wildman–Crippen LogP) is 12.9. The fraction of sp³-hybridized carbons (Fsp3) is 0.488. The van der Waals surface area contributed by atoms with E-state index in [4.69, 9.17) is 6.42 Å². The summed E-state index contributed by atoms with van der Waals surface area (Å²) in [6.07, 6.45) is 25.7. The monoisotopic (exact) mass is 574 g/mol. The van der Waals surface area contributed by atoms with Crippen LogP contribution in [0.4, 0.5) is 0 Å². The summed E-state index contributed by atoms with van der Waals surface area (Å²) < 4.78 is 0. The van der Waals surface area contributed by atoms with Gasteiger partial charge in [-0.1, -0.05) is 127 Å². The van der Waals surface area contributed by atoms with Crippen molar-refractivity contribution in [3.63, 3.8) is 0 Å². The van der Waals surface area contributed by atoms with Crippen molar-refractivity contribution in [2.45, 2.75) is 119 Å². The second-order valence-electron chi connectivity index (χ2n) is 13.8. The minimum atomic E-state index is 0.184. The summed E-state index contributed by atoms with van der Waals surface area (Å²) in [5, 5.41) is 0. The normalized spacial score (nSPS) is 20.6. The van der Waals surface area contributed by atoms with Gasteiger partial charge in [0.1, 0.15) is 0 Å². The maximum absolute atomic E-state index is 5.80. The lowest BCUT2D eigenvalue weighted by Crippen LogP contribution is -2.23. The van der Waals surface area contributed by atoms with Crippen LogP contribution in [0, 0.1) is 29.6 Å². The second kappa shape index (κ2) is 15.6. The lowest BCUT2D eigenvalue weighted by Gasteiger charge is -2.37. The molecule has 2 aliphatic carbocycles. The molecule has 0 N–H and O–H groups in total. The molecular weight excluding hydrogens is 516 g/mol. The Kier molecular flexibility index (Phi) is 12.5. The van der Waals surface area contributed by atoms with Gasteiger partial charge in [0.25, 0.3) is 0 Å². The Labute approximate surface area is 265 Å². The van der Waals surface area contributed by atoms with Crippen molar-refractivity contribution >= 4 is 5.57 Å². The molecule has 1 aromatic carbocycles. The van der Waals surface area contributed by atoms with Crippen LogP contribution in [0.25, 0.3) is 5.57 Å². The van der Waals surface area contributed by atoms with Gasteiger partial charge in [0.15, 0.2) is 0 Å². The fourth-order valence-electron chi connectivity index (χ4n) is 7.03. The van der Waals surface area contributed by atoms with Crippen molar-refractivity contribution in [1.29, 1.82) is 0 Å². The molecule has 0 spiro atoms. The maximum atomic E-state index is 5.80. The molecule has 43 heavy (non-hydrogen) atoms. The van der Waals surface area contributed by atoms with Gasteiger partial charge in [-0.2, -0.15) is 0 Å². The summed E-state index contributed by atoms with van der Waals surface area (Å²) in [4.78, 5) is 0. The fourth-order valence-corrected chi connectivity index (χ4v) is 7.03. The Hall–Kier alpha value is -3.04. The van der Waals surface area contributed by atoms with Crippen molar-refractivity contribution < 1.29 is 0 Å². The molecule has 1 unspecified atom stereocenters. The van der Waals surface area contributed by atoms with Crippen molar-refractivity contribution in [3.8, 4) is 12.3 Å². The molecule has 0 heterocycles. The summed E-state index contributed by atoms with van der Waals surface area (Å²) in [5.41, 5.74) is 13.3. The van der Waals surface area contributed by atoms with E-state index in [1.165, 1.54) is 72.8 Å². The van der Waals surface area contributed by atoms with E-state index in [0.717, 1.165) is 35.5 Å². The largest absolute Gasteiger partial charge is 0.115 e. The average Bonchev–Trinajstić information content (AvgIpc) is 3.00. The van der Waals surface area contributed by atoms with Gasteiger partial charge in [-0.3, -0.25) is 0 Å². The highest BCUT2D eigenvalue weighted by molar-refractivity contribution is 5.76. The van der Waals surface area contributed by atoms with Gasteiger partial charge in [-0.25, -0.2) is 0 Å². The number of terminal acetylenes is 1. The van der Waals surface area contributed by atoms with Gasteiger partial charge < -0.3 is 0 Å². The zero-order valence-electron chi connectivity index (χ0n) is 28.7. The molecule has 3 atom stereocenters. The third-order valence-electron chi connectivity index (χ3n) is 10.2. The van der Waals surface area contributed by atoms with Crippen molar-refractivity contribution in [2.75, 3.05) is 0 Å². The van der Waals surface area contributed by atoms with E-state index in [9.17, 15) is 0 Å². The Balaban J connectivity index is 1.78. The van der Waals surface area contributed by atoms with Gasteiger partial charge in [0, 0.05) is 5.57 Å².